The normalized spacial score (nSPS) is 19.4. The second kappa shape index (κ2) is 9.28. The summed E-state index contributed by atoms with van der Waals surface area (Å²) in [5, 5.41) is 5.80. The van der Waals surface area contributed by atoms with Crippen LogP contribution in [0.1, 0.15) is 18.0 Å². The Bertz CT molecular complexity index is 1060. The highest BCUT2D eigenvalue weighted by Gasteiger charge is 2.29. The van der Waals surface area contributed by atoms with E-state index in [0.717, 1.165) is 43.9 Å². The summed E-state index contributed by atoms with van der Waals surface area (Å²) in [4.78, 5) is 23.7. The number of hydrogen-bond acceptors (Lipinski definition) is 8. The molecule has 2 saturated heterocycles. The number of pyridine rings is 1. The summed E-state index contributed by atoms with van der Waals surface area (Å²) in [5.74, 6) is 1.40. The molecule has 2 aliphatic heterocycles. The average Bonchev–Trinajstić information content (AvgIpc) is 3.31. The van der Waals surface area contributed by atoms with Crippen LogP contribution in [-0.4, -0.2) is 59.7 Å². The molecule has 1 aromatic carbocycles. The van der Waals surface area contributed by atoms with Gasteiger partial charge < -0.3 is 15.1 Å². The largest absolute Gasteiger partial charge is 0.369 e. The quantitative estimate of drug-likeness (QED) is 0.626. The second-order valence-electron chi connectivity index (χ2n) is 8.12. The molecule has 5 rings (SSSR count). The third-order valence-electron chi connectivity index (χ3n) is 5.90. The first kappa shape index (κ1) is 20.9. The number of hydroxylamine groups is 1. The molecular weight excluding hydrogens is 426 g/mol. The Hall–Kier alpha value is -2.94. The molecule has 2 fully saturated rings. The minimum absolute atomic E-state index is 0.00632. The predicted molar refractivity (Wildman–Crippen MR) is 127 cm³/mol. The van der Waals surface area contributed by atoms with Gasteiger partial charge in [-0.2, -0.15) is 0 Å². The van der Waals surface area contributed by atoms with E-state index in [9.17, 15) is 0 Å². The Morgan fingerprint density at radius 3 is 2.62 bits per heavy atom. The highest BCUT2D eigenvalue weighted by Crippen LogP contribution is 2.35. The third kappa shape index (κ3) is 4.62. The lowest BCUT2D eigenvalue weighted by atomic mass is 10.1. The van der Waals surface area contributed by atoms with Crippen molar-refractivity contribution in [2.75, 3.05) is 55.1 Å². The van der Waals surface area contributed by atoms with Gasteiger partial charge in [0.15, 0.2) is 5.82 Å². The van der Waals surface area contributed by atoms with Crippen LogP contribution in [0.4, 0.5) is 23.0 Å². The van der Waals surface area contributed by atoms with E-state index in [1.54, 1.807) is 12.5 Å². The lowest BCUT2D eigenvalue weighted by Gasteiger charge is -2.34. The van der Waals surface area contributed by atoms with Gasteiger partial charge in [-0.3, -0.25) is 9.82 Å². The highest BCUT2D eigenvalue weighted by molar-refractivity contribution is 6.30. The lowest BCUT2D eigenvalue weighted by Crippen LogP contribution is -2.44. The highest BCUT2D eigenvalue weighted by atomic mass is 35.5. The Labute approximate surface area is 192 Å². The number of halogens is 1. The summed E-state index contributed by atoms with van der Waals surface area (Å²) >= 11 is 6.14. The number of nitrogens with one attached hydrogen (secondary N) is 1. The molecule has 0 saturated carbocycles. The maximum Gasteiger partial charge on any atom is 0.158 e. The fourth-order valence-corrected chi connectivity index (χ4v) is 4.29. The van der Waals surface area contributed by atoms with E-state index < -0.39 is 0 Å². The molecule has 32 heavy (non-hydrogen) atoms. The van der Waals surface area contributed by atoms with Crippen LogP contribution in [0.5, 0.6) is 0 Å². The monoisotopic (exact) mass is 451 g/mol. The van der Waals surface area contributed by atoms with Gasteiger partial charge in [-0.1, -0.05) is 11.6 Å². The number of aromatic nitrogens is 3. The maximum absolute atomic E-state index is 6.14. The third-order valence-corrected chi connectivity index (χ3v) is 6.11. The number of hydrogen-bond donors (Lipinski definition) is 1. The number of likely N-dealkylation sites (N-methyl/N-ethyl adjacent to an activating group) is 1. The van der Waals surface area contributed by atoms with Crippen molar-refractivity contribution >= 4 is 34.6 Å². The summed E-state index contributed by atoms with van der Waals surface area (Å²) in [6.45, 7) is 4.90. The summed E-state index contributed by atoms with van der Waals surface area (Å²) in [7, 11) is 2.17. The van der Waals surface area contributed by atoms with Crippen LogP contribution in [0, 0.1) is 0 Å². The van der Waals surface area contributed by atoms with E-state index in [-0.39, 0.29) is 6.04 Å². The Kier molecular flexibility index (Phi) is 6.07. The fourth-order valence-electron chi connectivity index (χ4n) is 4.11. The molecule has 166 valence electrons. The van der Waals surface area contributed by atoms with Gasteiger partial charge in [0, 0.05) is 62.4 Å². The molecule has 9 heteroatoms. The molecular formula is C23H26ClN7O. The van der Waals surface area contributed by atoms with E-state index in [2.05, 4.69) is 61.4 Å². The molecule has 2 aromatic heterocycles. The van der Waals surface area contributed by atoms with Crippen molar-refractivity contribution in [2.24, 2.45) is 0 Å². The Balaban J connectivity index is 1.29. The first-order valence-electron chi connectivity index (χ1n) is 10.8. The number of rotatable bonds is 5. The predicted octanol–water partition coefficient (Wildman–Crippen LogP) is 3.90. The van der Waals surface area contributed by atoms with E-state index in [0.29, 0.717) is 23.3 Å². The van der Waals surface area contributed by atoms with Crippen molar-refractivity contribution in [1.82, 2.24) is 19.9 Å². The standard InChI is InChI=1S/C23H26ClN7O/c1-29-7-9-30(10-8-29)20-4-2-19(3-5-20)28-22-13-23(27-16-26-22)31-21(6-11-32-31)17-12-18(24)15-25-14-17/h2-5,12-16,21H,6-11H2,1H3,(H,26,27,28)/t21-/m1/s1. The van der Waals surface area contributed by atoms with Gasteiger partial charge in [0.2, 0.25) is 0 Å². The van der Waals surface area contributed by atoms with Crippen LogP contribution in [0.3, 0.4) is 0 Å². The van der Waals surface area contributed by atoms with Gasteiger partial charge >= 0.3 is 0 Å². The van der Waals surface area contributed by atoms with Crippen molar-refractivity contribution in [3.05, 3.63) is 65.7 Å². The number of piperazine rings is 1. The van der Waals surface area contributed by atoms with Crippen molar-refractivity contribution in [2.45, 2.75) is 12.5 Å². The van der Waals surface area contributed by atoms with Crippen LogP contribution < -0.4 is 15.3 Å². The van der Waals surface area contributed by atoms with E-state index in [1.807, 2.05) is 23.4 Å². The number of nitrogens with zero attached hydrogens (tertiary/aromatic N) is 6. The van der Waals surface area contributed by atoms with Crippen LogP contribution >= 0.6 is 11.6 Å². The van der Waals surface area contributed by atoms with Crippen LogP contribution in [0.25, 0.3) is 0 Å². The fraction of sp³-hybridized carbons (Fsp3) is 0.348. The molecule has 0 amide bonds. The van der Waals surface area contributed by atoms with Crippen LogP contribution in [-0.2, 0) is 4.84 Å². The minimum atomic E-state index is 0.00632. The maximum atomic E-state index is 6.14. The zero-order valence-electron chi connectivity index (χ0n) is 18.0. The topological polar surface area (TPSA) is 69.7 Å². The Morgan fingerprint density at radius 2 is 1.84 bits per heavy atom. The molecule has 4 heterocycles. The SMILES string of the molecule is CN1CCN(c2ccc(Nc3cc(N4OCC[C@@H]4c4cncc(Cl)c4)ncn3)cc2)CC1. The molecule has 0 radical (unpaired) electrons. The molecule has 0 aliphatic carbocycles. The van der Waals surface area contributed by atoms with Gasteiger partial charge in [-0.25, -0.2) is 15.0 Å². The minimum Gasteiger partial charge on any atom is -0.369 e. The summed E-state index contributed by atoms with van der Waals surface area (Å²) in [5.41, 5.74) is 3.23. The number of benzene rings is 1. The molecule has 1 N–H and O–H groups in total. The molecule has 1 atom stereocenters. The van der Waals surface area contributed by atoms with Crippen molar-refractivity contribution < 1.29 is 4.84 Å². The lowest BCUT2D eigenvalue weighted by molar-refractivity contribution is 0.157. The zero-order valence-corrected chi connectivity index (χ0v) is 18.7. The van der Waals surface area contributed by atoms with E-state index >= 15 is 0 Å². The number of anilines is 4. The summed E-state index contributed by atoms with van der Waals surface area (Å²) in [6.07, 6.45) is 5.83. The first-order chi connectivity index (χ1) is 15.7. The first-order valence-corrected chi connectivity index (χ1v) is 11.2. The van der Waals surface area contributed by atoms with Crippen LogP contribution in [0.15, 0.2) is 55.1 Å². The molecule has 0 bridgehead atoms. The van der Waals surface area contributed by atoms with Gasteiger partial charge in [-0.15, -0.1) is 0 Å². The second-order valence-corrected chi connectivity index (χ2v) is 8.56. The van der Waals surface area contributed by atoms with Gasteiger partial charge in [0.25, 0.3) is 0 Å². The van der Waals surface area contributed by atoms with Crippen molar-refractivity contribution in [3.63, 3.8) is 0 Å². The van der Waals surface area contributed by atoms with Gasteiger partial charge in [0.1, 0.15) is 12.1 Å². The van der Waals surface area contributed by atoms with Gasteiger partial charge in [-0.05, 0) is 42.9 Å². The van der Waals surface area contributed by atoms with Gasteiger partial charge in [0.05, 0.1) is 17.7 Å². The van der Waals surface area contributed by atoms with E-state index in [1.165, 1.54) is 5.69 Å². The summed E-state index contributed by atoms with van der Waals surface area (Å²) < 4.78 is 0. The average molecular weight is 452 g/mol. The summed E-state index contributed by atoms with van der Waals surface area (Å²) in [6, 6.07) is 12.3. The smallest absolute Gasteiger partial charge is 0.158 e. The molecule has 8 nitrogen and oxygen atoms in total. The van der Waals surface area contributed by atoms with Crippen LogP contribution in [0.2, 0.25) is 5.02 Å². The molecule has 3 aromatic rings. The zero-order chi connectivity index (χ0) is 21.9. The molecule has 0 spiro atoms. The Morgan fingerprint density at radius 1 is 1.03 bits per heavy atom. The van der Waals surface area contributed by atoms with E-state index in [4.69, 9.17) is 16.4 Å². The van der Waals surface area contributed by atoms with Crippen molar-refractivity contribution in [3.8, 4) is 0 Å². The van der Waals surface area contributed by atoms with Crippen molar-refractivity contribution in [1.29, 1.82) is 0 Å². The molecule has 0 unspecified atom stereocenters. The molecule has 2 aliphatic rings.